The van der Waals surface area contributed by atoms with Crippen molar-refractivity contribution in [2.75, 3.05) is 33.7 Å². The topological polar surface area (TPSA) is 69.8 Å². The minimum atomic E-state index is 0.593. The lowest BCUT2D eigenvalue weighted by atomic mass is 10.1. The first kappa shape index (κ1) is 14.8. The summed E-state index contributed by atoms with van der Waals surface area (Å²) in [6.45, 7) is 3.88. The second-order valence-electron chi connectivity index (χ2n) is 5.77. The summed E-state index contributed by atoms with van der Waals surface area (Å²) in [5, 5.41) is 15.1. The van der Waals surface area contributed by atoms with Crippen molar-refractivity contribution in [1.82, 2.24) is 30.1 Å². The minimum absolute atomic E-state index is 0.593. The molecule has 1 fully saturated rings. The first-order chi connectivity index (χ1) is 10.8. The molecule has 0 amide bonds. The Bertz CT molecular complexity index is 648. The molecule has 1 unspecified atom stereocenters. The molecular weight excluding hydrogens is 278 g/mol. The predicted octanol–water partition coefficient (Wildman–Crippen LogP) is 0.346. The summed E-state index contributed by atoms with van der Waals surface area (Å²) in [4.78, 5) is 6.64. The van der Waals surface area contributed by atoms with Crippen LogP contribution in [0.4, 0.5) is 0 Å². The largest absolute Gasteiger partial charge is 0.356 e. The van der Waals surface area contributed by atoms with E-state index < -0.39 is 0 Å². The number of nitrogens with one attached hydrogen (secondary N) is 2. The zero-order chi connectivity index (χ0) is 15.4. The highest BCUT2D eigenvalue weighted by molar-refractivity contribution is 5.79. The molecule has 2 aromatic rings. The third-order valence-corrected chi connectivity index (χ3v) is 4.07. The van der Waals surface area contributed by atoms with E-state index in [1.54, 1.807) is 7.05 Å². The molecule has 0 radical (unpaired) electrons. The maximum absolute atomic E-state index is 4.27. The van der Waals surface area contributed by atoms with Gasteiger partial charge < -0.3 is 15.5 Å². The first-order valence-electron chi connectivity index (χ1n) is 7.68. The van der Waals surface area contributed by atoms with Crippen LogP contribution in [0.15, 0.2) is 29.4 Å². The molecule has 7 nitrogen and oxygen atoms in total. The van der Waals surface area contributed by atoms with E-state index in [2.05, 4.69) is 37.8 Å². The van der Waals surface area contributed by atoms with Gasteiger partial charge in [0.2, 0.25) is 0 Å². The molecule has 3 heterocycles. The highest BCUT2D eigenvalue weighted by atomic mass is 15.3. The maximum Gasteiger partial charge on any atom is 0.191 e. The van der Waals surface area contributed by atoms with Gasteiger partial charge in [-0.15, -0.1) is 10.2 Å². The third kappa shape index (κ3) is 3.36. The van der Waals surface area contributed by atoms with Crippen molar-refractivity contribution in [1.29, 1.82) is 0 Å². The van der Waals surface area contributed by atoms with Crippen molar-refractivity contribution in [2.45, 2.75) is 13.0 Å². The fraction of sp³-hybridized carbons (Fsp3) is 0.533. The Labute approximate surface area is 130 Å². The quantitative estimate of drug-likeness (QED) is 0.630. The van der Waals surface area contributed by atoms with E-state index in [0.29, 0.717) is 12.5 Å². The number of aliphatic imine (C=N–C) groups is 1. The lowest BCUT2D eigenvalue weighted by molar-refractivity contribution is 0.394. The second-order valence-corrected chi connectivity index (χ2v) is 5.77. The summed E-state index contributed by atoms with van der Waals surface area (Å²) in [6.07, 6.45) is 3.21. The van der Waals surface area contributed by atoms with Crippen LogP contribution in [0.3, 0.4) is 0 Å². The molecule has 0 aromatic carbocycles. The molecule has 1 aliphatic heterocycles. The van der Waals surface area contributed by atoms with Crippen LogP contribution in [0.25, 0.3) is 5.65 Å². The van der Waals surface area contributed by atoms with Crippen molar-refractivity contribution in [2.24, 2.45) is 10.9 Å². The third-order valence-electron chi connectivity index (χ3n) is 4.07. The van der Waals surface area contributed by atoms with Crippen LogP contribution >= 0.6 is 0 Å². The first-order valence-corrected chi connectivity index (χ1v) is 7.68. The van der Waals surface area contributed by atoms with E-state index in [4.69, 9.17) is 0 Å². The number of rotatable bonds is 4. The maximum atomic E-state index is 4.27. The highest BCUT2D eigenvalue weighted by Gasteiger charge is 2.19. The number of guanidine groups is 1. The van der Waals surface area contributed by atoms with Crippen molar-refractivity contribution in [3.8, 4) is 0 Å². The molecule has 2 N–H and O–H groups in total. The van der Waals surface area contributed by atoms with Crippen molar-refractivity contribution < 1.29 is 0 Å². The number of likely N-dealkylation sites (tertiary alicyclic amines) is 1. The van der Waals surface area contributed by atoms with Gasteiger partial charge in [-0.1, -0.05) is 6.07 Å². The lowest BCUT2D eigenvalue weighted by Crippen LogP contribution is -2.40. The fourth-order valence-corrected chi connectivity index (χ4v) is 2.83. The molecule has 7 heteroatoms. The van der Waals surface area contributed by atoms with Gasteiger partial charge in [-0.3, -0.25) is 9.39 Å². The summed E-state index contributed by atoms with van der Waals surface area (Å²) < 4.78 is 1.98. The minimum Gasteiger partial charge on any atom is -0.356 e. The van der Waals surface area contributed by atoms with Crippen molar-refractivity contribution in [3.63, 3.8) is 0 Å². The molecule has 22 heavy (non-hydrogen) atoms. The van der Waals surface area contributed by atoms with Gasteiger partial charge in [0, 0.05) is 26.3 Å². The Kier molecular flexibility index (Phi) is 4.53. The standard InChI is InChI=1S/C15H23N7/c1-16-15(17-9-12-6-8-21(2)11-12)18-10-14-20-19-13-5-3-4-7-22(13)14/h3-5,7,12H,6,8-11H2,1-2H3,(H2,16,17,18). The molecule has 2 aromatic heterocycles. The van der Waals surface area contributed by atoms with E-state index in [1.807, 2.05) is 28.8 Å². The summed E-state index contributed by atoms with van der Waals surface area (Å²) >= 11 is 0. The van der Waals surface area contributed by atoms with Crippen molar-refractivity contribution in [3.05, 3.63) is 30.2 Å². The highest BCUT2D eigenvalue weighted by Crippen LogP contribution is 2.12. The molecule has 0 bridgehead atoms. The Balaban J connectivity index is 1.53. The SMILES string of the molecule is CN=C(NCc1nnc2ccccn12)NCC1CCN(C)C1. The van der Waals surface area contributed by atoms with E-state index in [-0.39, 0.29) is 0 Å². The van der Waals surface area contributed by atoms with Gasteiger partial charge in [-0.2, -0.15) is 0 Å². The van der Waals surface area contributed by atoms with E-state index >= 15 is 0 Å². The van der Waals surface area contributed by atoms with Crippen LogP contribution in [-0.4, -0.2) is 59.2 Å². The van der Waals surface area contributed by atoms with Gasteiger partial charge in [-0.25, -0.2) is 0 Å². The summed E-state index contributed by atoms with van der Waals surface area (Å²) in [5.74, 6) is 2.37. The summed E-state index contributed by atoms with van der Waals surface area (Å²) in [7, 11) is 3.96. The van der Waals surface area contributed by atoms with E-state index in [1.165, 1.54) is 13.0 Å². The molecule has 118 valence electrons. The van der Waals surface area contributed by atoms with Gasteiger partial charge in [0.15, 0.2) is 17.4 Å². The van der Waals surface area contributed by atoms with Crippen LogP contribution < -0.4 is 10.6 Å². The zero-order valence-corrected chi connectivity index (χ0v) is 13.2. The second kappa shape index (κ2) is 6.74. The number of aromatic nitrogens is 3. The number of hydrogen-bond donors (Lipinski definition) is 2. The zero-order valence-electron chi connectivity index (χ0n) is 13.2. The van der Waals surface area contributed by atoms with E-state index in [9.17, 15) is 0 Å². The van der Waals surface area contributed by atoms with Gasteiger partial charge in [-0.05, 0) is 38.1 Å². The van der Waals surface area contributed by atoms with Crippen LogP contribution in [0.1, 0.15) is 12.2 Å². The number of fused-ring (bicyclic) bond motifs is 1. The van der Waals surface area contributed by atoms with Crippen LogP contribution in [0, 0.1) is 5.92 Å². The molecular formula is C15H23N7. The average molecular weight is 301 g/mol. The average Bonchev–Trinajstić information content (AvgIpc) is 3.14. The molecule has 0 spiro atoms. The summed E-state index contributed by atoms with van der Waals surface area (Å²) in [5.41, 5.74) is 0.858. The molecule has 3 rings (SSSR count). The van der Waals surface area contributed by atoms with Crippen LogP contribution in [-0.2, 0) is 6.54 Å². The Morgan fingerprint density at radius 2 is 2.27 bits per heavy atom. The van der Waals surface area contributed by atoms with Gasteiger partial charge in [0.05, 0.1) is 6.54 Å². The Morgan fingerprint density at radius 1 is 1.36 bits per heavy atom. The smallest absolute Gasteiger partial charge is 0.191 e. The number of hydrogen-bond acceptors (Lipinski definition) is 4. The summed E-state index contributed by atoms with van der Waals surface area (Å²) in [6, 6.07) is 5.88. The van der Waals surface area contributed by atoms with E-state index in [0.717, 1.165) is 30.5 Å². The fourth-order valence-electron chi connectivity index (χ4n) is 2.83. The predicted molar refractivity (Wildman–Crippen MR) is 86.8 cm³/mol. The molecule has 0 aliphatic carbocycles. The number of pyridine rings is 1. The van der Waals surface area contributed by atoms with Gasteiger partial charge in [0.1, 0.15) is 0 Å². The van der Waals surface area contributed by atoms with Crippen LogP contribution in [0.5, 0.6) is 0 Å². The van der Waals surface area contributed by atoms with Crippen LogP contribution in [0.2, 0.25) is 0 Å². The molecule has 0 saturated carbocycles. The molecule has 1 atom stereocenters. The monoisotopic (exact) mass is 301 g/mol. The molecule has 1 saturated heterocycles. The normalized spacial score (nSPS) is 19.7. The van der Waals surface area contributed by atoms with Gasteiger partial charge in [0.25, 0.3) is 0 Å². The Morgan fingerprint density at radius 3 is 3.05 bits per heavy atom. The van der Waals surface area contributed by atoms with Gasteiger partial charge >= 0.3 is 0 Å². The molecule has 1 aliphatic rings. The Hall–Kier alpha value is -2.15. The number of nitrogens with zero attached hydrogens (tertiary/aromatic N) is 5. The van der Waals surface area contributed by atoms with Crippen molar-refractivity contribution >= 4 is 11.6 Å². The lowest BCUT2D eigenvalue weighted by Gasteiger charge is -2.15.